The molecule has 1 heterocycles. The molecule has 0 aromatic heterocycles. The van der Waals surface area contributed by atoms with Gasteiger partial charge in [-0.2, -0.15) is 4.99 Å². The number of hydrogen-bond acceptors (Lipinski definition) is 5. The van der Waals surface area contributed by atoms with E-state index in [1.807, 2.05) is 84.9 Å². The van der Waals surface area contributed by atoms with Crippen molar-refractivity contribution in [3.63, 3.8) is 0 Å². The first-order chi connectivity index (χ1) is 20.1. The molecule has 1 N–H and O–H groups in total. The molecule has 0 saturated carbocycles. The lowest BCUT2D eigenvalue weighted by Crippen LogP contribution is -2.31. The number of hydrogen-bond donors (Lipinski definition) is 1. The van der Waals surface area contributed by atoms with Gasteiger partial charge in [0.25, 0.3) is 0 Å². The number of nitrogens with one attached hydrogen (secondary N) is 1. The van der Waals surface area contributed by atoms with Crippen molar-refractivity contribution in [2.45, 2.75) is 31.5 Å². The van der Waals surface area contributed by atoms with Crippen LogP contribution >= 0.6 is 0 Å². The second-order valence-corrected chi connectivity index (χ2v) is 10.1. The normalized spacial score (nSPS) is 17.8. The zero-order chi connectivity index (χ0) is 28.2. The van der Waals surface area contributed by atoms with Gasteiger partial charge in [0, 0.05) is 30.1 Å². The number of halogens is 1. The van der Waals surface area contributed by atoms with Gasteiger partial charge in [-0.1, -0.05) is 97.1 Å². The van der Waals surface area contributed by atoms with Crippen molar-refractivity contribution in [3.05, 3.63) is 126 Å². The van der Waals surface area contributed by atoms with Crippen LogP contribution in [0.15, 0.2) is 120 Å². The van der Waals surface area contributed by atoms with Crippen LogP contribution in [-0.2, 0) is 9.53 Å². The van der Waals surface area contributed by atoms with Crippen LogP contribution in [0.1, 0.15) is 24.9 Å². The van der Waals surface area contributed by atoms with E-state index in [-0.39, 0.29) is 24.3 Å². The summed E-state index contributed by atoms with van der Waals surface area (Å²) in [7, 11) is 0. The Morgan fingerprint density at radius 3 is 2.33 bits per heavy atom. The standard InChI is InChI=1S/C24H21NO3.C11H7NO.FH.H2/c1-15-6-4-10-20-19-13-12-17(14-22(19)28-23(15)20)27-24(26)25-21-11-5-8-16-7-2-3-9-18(16)21;13-8-12-11-7-3-5-9-4-1-2-6-10(9)11;;/h2-13,17,19,22H,14H2,1H3,(H,25,26);1-7H;2*1H/t17-,19-,22?;;;/m0.../s1/i;;;1+2. The van der Waals surface area contributed by atoms with Gasteiger partial charge in [0.05, 0.1) is 11.4 Å². The van der Waals surface area contributed by atoms with Crippen LogP contribution in [0, 0.1) is 6.92 Å². The lowest BCUT2D eigenvalue weighted by atomic mass is 9.87. The van der Waals surface area contributed by atoms with Gasteiger partial charge in [0.2, 0.25) is 6.08 Å². The van der Waals surface area contributed by atoms with Gasteiger partial charge in [0.1, 0.15) is 18.0 Å². The minimum absolute atomic E-state index is 0. The Morgan fingerprint density at radius 2 is 1.55 bits per heavy atom. The molecule has 1 amide bonds. The summed E-state index contributed by atoms with van der Waals surface area (Å²) in [5.74, 6) is 1.21. The number of carbonyl (C=O) groups excluding carboxylic acids is 2. The highest BCUT2D eigenvalue weighted by molar-refractivity contribution is 6.00. The van der Waals surface area contributed by atoms with E-state index in [2.05, 4.69) is 41.5 Å². The molecule has 1 unspecified atom stereocenters. The lowest BCUT2D eigenvalue weighted by molar-refractivity contribution is 0.0903. The lowest BCUT2D eigenvalue weighted by Gasteiger charge is -2.26. The number of isocyanates is 1. The Morgan fingerprint density at radius 1 is 0.881 bits per heavy atom. The van der Waals surface area contributed by atoms with E-state index in [4.69, 9.17) is 9.47 Å². The molecule has 3 atom stereocenters. The Kier molecular flexibility index (Phi) is 8.42. The van der Waals surface area contributed by atoms with Gasteiger partial charge in [-0.25, -0.2) is 9.59 Å². The average molecular weight is 565 g/mol. The minimum atomic E-state index is -0.448. The van der Waals surface area contributed by atoms with Crippen molar-refractivity contribution in [1.29, 1.82) is 0 Å². The number of para-hydroxylation sites is 1. The van der Waals surface area contributed by atoms with Gasteiger partial charge in [-0.05, 0) is 41.5 Å². The Balaban J connectivity index is 0.000000239. The minimum Gasteiger partial charge on any atom is -0.489 e. The van der Waals surface area contributed by atoms with E-state index in [1.54, 1.807) is 12.1 Å². The summed E-state index contributed by atoms with van der Waals surface area (Å²) in [6.45, 7) is 2.06. The zero-order valence-electron chi connectivity index (χ0n) is 22.9. The number of ether oxygens (including phenoxy) is 2. The molecule has 6 nitrogen and oxygen atoms in total. The molecule has 5 aromatic carbocycles. The molecule has 1 aliphatic heterocycles. The quantitative estimate of drug-likeness (QED) is 0.135. The topological polar surface area (TPSA) is 77.0 Å². The molecule has 42 heavy (non-hydrogen) atoms. The molecule has 0 saturated heterocycles. The number of benzene rings is 5. The second kappa shape index (κ2) is 12.5. The molecule has 212 valence electrons. The number of rotatable bonds is 3. The fraction of sp³-hybridized carbons (Fsp3) is 0.143. The summed E-state index contributed by atoms with van der Waals surface area (Å²) in [6, 6.07) is 33.5. The van der Waals surface area contributed by atoms with E-state index in [0.29, 0.717) is 12.1 Å². The predicted molar refractivity (Wildman–Crippen MR) is 166 cm³/mol. The molecule has 0 spiro atoms. The third-order valence-electron chi connectivity index (χ3n) is 7.49. The largest absolute Gasteiger partial charge is 0.489 e. The fourth-order valence-electron chi connectivity index (χ4n) is 5.55. The number of aryl methyl sites for hydroxylation is 1. The van der Waals surface area contributed by atoms with E-state index in [9.17, 15) is 9.59 Å². The number of anilines is 1. The maximum absolute atomic E-state index is 12.5. The van der Waals surface area contributed by atoms with E-state index in [1.165, 1.54) is 5.56 Å². The highest BCUT2D eigenvalue weighted by atomic mass is 19.0. The van der Waals surface area contributed by atoms with Crippen LogP contribution in [0.2, 0.25) is 0 Å². The van der Waals surface area contributed by atoms with Crippen LogP contribution in [0.5, 0.6) is 5.75 Å². The number of amides is 1. The highest BCUT2D eigenvalue weighted by Crippen LogP contribution is 2.44. The summed E-state index contributed by atoms with van der Waals surface area (Å²) in [6.07, 6.45) is 5.55. The Labute approximate surface area is 244 Å². The molecule has 7 rings (SSSR count). The first-order valence-electron chi connectivity index (χ1n) is 13.6. The van der Waals surface area contributed by atoms with E-state index >= 15 is 0 Å². The van der Waals surface area contributed by atoms with Crippen molar-refractivity contribution >= 4 is 45.1 Å². The molecule has 2 aliphatic rings. The van der Waals surface area contributed by atoms with Crippen LogP contribution in [-0.4, -0.2) is 24.4 Å². The average Bonchev–Trinajstić information content (AvgIpc) is 3.37. The molecular weight excluding hydrogens is 531 g/mol. The Hall–Kier alpha value is -5.26. The van der Waals surface area contributed by atoms with Crippen molar-refractivity contribution in [2.24, 2.45) is 4.99 Å². The molecule has 0 radical (unpaired) electrons. The number of carbonyl (C=O) groups is 1. The molecule has 1 aliphatic carbocycles. The molecule has 5 aromatic rings. The van der Waals surface area contributed by atoms with Crippen LogP contribution in [0.25, 0.3) is 21.5 Å². The smallest absolute Gasteiger partial charge is 0.412 e. The van der Waals surface area contributed by atoms with Crippen LogP contribution < -0.4 is 10.1 Å². The number of aliphatic imine (C=N–C) groups is 1. The first kappa shape index (κ1) is 28.3. The number of fused-ring (bicyclic) bond motifs is 5. The summed E-state index contributed by atoms with van der Waals surface area (Å²) in [5, 5.41) is 7.01. The fourth-order valence-corrected chi connectivity index (χ4v) is 5.55. The maximum Gasteiger partial charge on any atom is 0.412 e. The van der Waals surface area contributed by atoms with Gasteiger partial charge in [-0.15, -0.1) is 0 Å². The number of nitrogens with zero attached hydrogens (tertiary/aromatic N) is 1. The second-order valence-electron chi connectivity index (χ2n) is 10.1. The van der Waals surface area contributed by atoms with Gasteiger partial charge in [0.15, 0.2) is 0 Å². The van der Waals surface area contributed by atoms with E-state index in [0.717, 1.165) is 38.5 Å². The molecule has 0 fully saturated rings. The summed E-state index contributed by atoms with van der Waals surface area (Å²) in [5.41, 5.74) is 3.79. The molecule has 0 bridgehead atoms. The van der Waals surface area contributed by atoms with Crippen LogP contribution in [0.3, 0.4) is 0 Å². The van der Waals surface area contributed by atoms with Crippen LogP contribution in [0.4, 0.5) is 20.9 Å². The van der Waals surface area contributed by atoms with Crippen molar-refractivity contribution in [3.8, 4) is 5.75 Å². The SMILES string of the molecule is Cc1cccc2c1OC1C[C@@H](OC(=O)Nc3cccc4ccccc34)C=C[C@@H]21.F.O=C=Nc1cccc2ccccc12.[3HH]. The molecular formula is C35H31FN2O4. The monoisotopic (exact) mass is 564 g/mol. The van der Waals surface area contributed by atoms with Gasteiger partial charge in [-0.3, -0.25) is 10.0 Å². The summed E-state index contributed by atoms with van der Waals surface area (Å²) >= 11 is 0. The maximum atomic E-state index is 12.5. The third-order valence-corrected chi connectivity index (χ3v) is 7.49. The van der Waals surface area contributed by atoms with Gasteiger partial charge < -0.3 is 9.47 Å². The zero-order valence-corrected chi connectivity index (χ0v) is 22.9. The molecule has 7 heteroatoms. The van der Waals surface area contributed by atoms with Gasteiger partial charge >= 0.3 is 6.09 Å². The summed E-state index contributed by atoms with van der Waals surface area (Å²) < 4.78 is 11.8. The highest BCUT2D eigenvalue weighted by Gasteiger charge is 2.38. The summed E-state index contributed by atoms with van der Waals surface area (Å²) in [4.78, 5) is 26.2. The predicted octanol–water partition coefficient (Wildman–Crippen LogP) is 8.78. The Bertz CT molecular complexity index is 1830. The third kappa shape index (κ3) is 5.78. The van der Waals surface area contributed by atoms with Crippen molar-refractivity contribution < 1.29 is 25.2 Å². The van der Waals surface area contributed by atoms with E-state index < -0.39 is 6.09 Å². The van der Waals surface area contributed by atoms with Crippen molar-refractivity contribution in [2.75, 3.05) is 5.32 Å². The first-order valence-corrected chi connectivity index (χ1v) is 13.6. The van der Waals surface area contributed by atoms with Crippen molar-refractivity contribution in [1.82, 2.24) is 0 Å².